The van der Waals surface area contributed by atoms with E-state index in [1.165, 1.54) is 21.3 Å². The van der Waals surface area contributed by atoms with Crippen molar-refractivity contribution in [2.24, 2.45) is 5.84 Å². The molecule has 112 valence electrons. The van der Waals surface area contributed by atoms with E-state index in [9.17, 15) is 4.79 Å². The molecule has 0 aromatic heterocycles. The van der Waals surface area contributed by atoms with Crippen molar-refractivity contribution < 1.29 is 28.6 Å². The first-order valence-corrected chi connectivity index (χ1v) is 5.74. The molecule has 0 heterocycles. The second-order valence-corrected chi connectivity index (χ2v) is 3.55. The highest BCUT2D eigenvalue weighted by atomic mass is 16.7. The van der Waals surface area contributed by atoms with Crippen LogP contribution >= 0.6 is 0 Å². The first-order chi connectivity index (χ1) is 9.65. The normalized spacial score (nSPS) is 9.80. The van der Waals surface area contributed by atoms with Gasteiger partial charge in [-0.3, -0.25) is 4.79 Å². The topological polar surface area (TPSA) is 101 Å². The van der Waals surface area contributed by atoms with E-state index in [1.54, 1.807) is 17.7 Å². The molecule has 20 heavy (non-hydrogen) atoms. The van der Waals surface area contributed by atoms with E-state index >= 15 is 0 Å². The molecule has 1 aromatic carbocycles. The molecule has 0 aliphatic carbocycles. The molecule has 0 unspecified atom stereocenters. The van der Waals surface area contributed by atoms with Crippen molar-refractivity contribution in [2.45, 2.75) is 6.42 Å². The predicted octanol–water partition coefficient (Wildman–Crippen LogP) is 0.403. The third-order valence-corrected chi connectivity index (χ3v) is 2.39. The van der Waals surface area contributed by atoms with Gasteiger partial charge in [-0.2, -0.15) is 0 Å². The lowest BCUT2D eigenvalue weighted by Gasteiger charge is -2.14. The highest BCUT2D eigenvalue weighted by molar-refractivity contribution is 5.69. The molecule has 0 saturated heterocycles. The lowest BCUT2D eigenvalue weighted by molar-refractivity contribution is -0.151. The zero-order valence-corrected chi connectivity index (χ0v) is 11.6. The van der Waals surface area contributed by atoms with Crippen LogP contribution in [0.15, 0.2) is 12.1 Å². The molecule has 8 heteroatoms. The fraction of sp³-hybridized carbons (Fsp3) is 0.417. The predicted molar refractivity (Wildman–Crippen MR) is 69.6 cm³/mol. The molecule has 0 amide bonds. The Morgan fingerprint density at radius 3 is 2.20 bits per heavy atom. The molecule has 0 saturated carbocycles. The highest BCUT2D eigenvalue weighted by Gasteiger charge is 2.14. The van der Waals surface area contributed by atoms with Gasteiger partial charge in [0.2, 0.25) is 5.75 Å². The number of hydrogen-bond donors (Lipinski definition) is 2. The minimum absolute atomic E-state index is 0.0425. The Kier molecular flexibility index (Phi) is 6.41. The van der Waals surface area contributed by atoms with Crippen LogP contribution in [0, 0.1) is 0 Å². The molecule has 0 spiro atoms. The van der Waals surface area contributed by atoms with E-state index in [-0.39, 0.29) is 13.0 Å². The Balaban J connectivity index is 2.73. The summed E-state index contributed by atoms with van der Waals surface area (Å²) in [5, 5.41) is 0. The largest absolute Gasteiger partial charge is 0.493 e. The van der Waals surface area contributed by atoms with Crippen molar-refractivity contribution in [3.05, 3.63) is 12.1 Å². The first kappa shape index (κ1) is 15.9. The summed E-state index contributed by atoms with van der Waals surface area (Å²) in [4.78, 5) is 15.4. The lowest BCUT2D eigenvalue weighted by atomic mass is 10.2. The van der Waals surface area contributed by atoms with Crippen molar-refractivity contribution in [3.63, 3.8) is 0 Å². The van der Waals surface area contributed by atoms with Crippen molar-refractivity contribution in [2.75, 3.05) is 27.9 Å². The molecule has 0 atom stereocenters. The highest BCUT2D eigenvalue weighted by Crippen LogP contribution is 2.40. The number of ether oxygens (including phenoxy) is 4. The molecule has 1 rings (SSSR count). The van der Waals surface area contributed by atoms with Gasteiger partial charge in [0.05, 0.1) is 34.4 Å². The summed E-state index contributed by atoms with van der Waals surface area (Å²) in [5.74, 6) is 6.19. The maximum Gasteiger partial charge on any atom is 0.329 e. The van der Waals surface area contributed by atoms with E-state index in [0.717, 1.165) is 0 Å². The Morgan fingerprint density at radius 2 is 1.75 bits per heavy atom. The van der Waals surface area contributed by atoms with E-state index in [4.69, 9.17) is 24.8 Å². The second kappa shape index (κ2) is 8.08. The standard InChI is InChI=1S/C12H18N2O6/c1-16-9-6-8(7-10(17-2)12(9)18-3)19-5-4-11(15)20-14-13/h6-7,14H,4-5,13H2,1-3H3. The van der Waals surface area contributed by atoms with E-state index in [2.05, 4.69) is 4.84 Å². The third kappa shape index (κ3) is 4.18. The van der Waals surface area contributed by atoms with Crippen molar-refractivity contribution in [1.29, 1.82) is 0 Å². The first-order valence-electron chi connectivity index (χ1n) is 5.74. The van der Waals surface area contributed by atoms with Gasteiger partial charge in [0.15, 0.2) is 11.5 Å². The van der Waals surface area contributed by atoms with Crippen molar-refractivity contribution in [1.82, 2.24) is 5.59 Å². The maximum atomic E-state index is 11.1. The van der Waals surface area contributed by atoms with E-state index in [1.807, 2.05) is 0 Å². The smallest absolute Gasteiger partial charge is 0.329 e. The van der Waals surface area contributed by atoms with Crippen LogP contribution in [0.1, 0.15) is 6.42 Å². The zero-order valence-electron chi connectivity index (χ0n) is 11.6. The summed E-state index contributed by atoms with van der Waals surface area (Å²) in [6, 6.07) is 3.27. The Bertz CT molecular complexity index is 427. The van der Waals surface area contributed by atoms with Crippen LogP contribution in [0.25, 0.3) is 0 Å². The number of hydrogen-bond acceptors (Lipinski definition) is 8. The monoisotopic (exact) mass is 286 g/mol. The third-order valence-electron chi connectivity index (χ3n) is 2.39. The average Bonchev–Trinajstić information content (AvgIpc) is 2.46. The second-order valence-electron chi connectivity index (χ2n) is 3.55. The van der Waals surface area contributed by atoms with Crippen LogP contribution in [0.4, 0.5) is 0 Å². The summed E-state index contributed by atoms with van der Waals surface area (Å²) in [6.45, 7) is 0.124. The van der Waals surface area contributed by atoms with Gasteiger partial charge in [-0.15, -0.1) is 0 Å². The Hall–Kier alpha value is -2.19. The van der Waals surface area contributed by atoms with Gasteiger partial charge in [0, 0.05) is 12.1 Å². The summed E-state index contributed by atoms with van der Waals surface area (Å²) in [5.41, 5.74) is 1.81. The summed E-state index contributed by atoms with van der Waals surface area (Å²) in [6.07, 6.45) is 0.0425. The Labute approximate surface area is 116 Å². The van der Waals surface area contributed by atoms with Gasteiger partial charge in [-0.25, -0.2) is 5.84 Å². The molecule has 0 fully saturated rings. The SMILES string of the molecule is COc1cc(OCCC(=O)ONN)cc(OC)c1OC. The van der Waals surface area contributed by atoms with Crippen LogP contribution in [-0.2, 0) is 9.63 Å². The van der Waals surface area contributed by atoms with Gasteiger partial charge in [-0.05, 0) is 0 Å². The minimum atomic E-state index is -0.528. The summed E-state index contributed by atoms with van der Waals surface area (Å²) < 4.78 is 21.0. The maximum absolute atomic E-state index is 11.1. The number of carbonyl (C=O) groups excluding carboxylic acids is 1. The van der Waals surface area contributed by atoms with E-state index in [0.29, 0.717) is 23.0 Å². The summed E-state index contributed by atoms with van der Waals surface area (Å²) in [7, 11) is 4.52. The molecule has 1 aromatic rings. The molecular formula is C12H18N2O6. The van der Waals surface area contributed by atoms with E-state index < -0.39 is 5.97 Å². The van der Waals surface area contributed by atoms with Gasteiger partial charge in [0.1, 0.15) is 5.75 Å². The fourth-order valence-electron chi connectivity index (χ4n) is 1.51. The van der Waals surface area contributed by atoms with Gasteiger partial charge >= 0.3 is 5.97 Å². The molecule has 3 N–H and O–H groups in total. The molecule has 0 radical (unpaired) electrons. The van der Waals surface area contributed by atoms with Crippen molar-refractivity contribution in [3.8, 4) is 23.0 Å². The number of rotatable bonds is 8. The molecular weight excluding hydrogens is 268 g/mol. The van der Waals surface area contributed by atoms with Crippen LogP contribution in [0.3, 0.4) is 0 Å². The number of nitrogens with two attached hydrogens (primary N) is 1. The van der Waals surface area contributed by atoms with Gasteiger partial charge in [-0.1, -0.05) is 5.59 Å². The lowest BCUT2D eigenvalue weighted by Crippen LogP contribution is -2.26. The number of nitrogens with one attached hydrogen (secondary N) is 1. The van der Waals surface area contributed by atoms with Crippen LogP contribution in [0.2, 0.25) is 0 Å². The van der Waals surface area contributed by atoms with Crippen LogP contribution < -0.4 is 30.4 Å². The van der Waals surface area contributed by atoms with Gasteiger partial charge in [0.25, 0.3) is 0 Å². The van der Waals surface area contributed by atoms with Crippen LogP contribution in [-0.4, -0.2) is 33.9 Å². The summed E-state index contributed by atoms with van der Waals surface area (Å²) >= 11 is 0. The average molecular weight is 286 g/mol. The zero-order chi connectivity index (χ0) is 15.0. The van der Waals surface area contributed by atoms with Crippen molar-refractivity contribution >= 4 is 5.97 Å². The molecule has 0 bridgehead atoms. The molecule has 0 aliphatic heterocycles. The van der Waals surface area contributed by atoms with Crippen LogP contribution in [0.5, 0.6) is 23.0 Å². The Morgan fingerprint density at radius 1 is 1.15 bits per heavy atom. The number of benzene rings is 1. The molecule has 8 nitrogen and oxygen atoms in total. The number of carbonyl (C=O) groups is 1. The molecule has 0 aliphatic rings. The van der Waals surface area contributed by atoms with Gasteiger partial charge < -0.3 is 23.8 Å². The minimum Gasteiger partial charge on any atom is -0.493 e. The number of hydrazine groups is 1. The fourth-order valence-corrected chi connectivity index (χ4v) is 1.51. The quantitative estimate of drug-likeness (QED) is 0.523. The number of methoxy groups -OCH3 is 3.